The summed E-state index contributed by atoms with van der Waals surface area (Å²) < 4.78 is 0. The Morgan fingerprint density at radius 2 is 1.22 bits per heavy atom. The summed E-state index contributed by atoms with van der Waals surface area (Å²) in [6, 6.07) is 18.9. The van der Waals surface area contributed by atoms with Gasteiger partial charge in [0.05, 0.1) is 6.10 Å². The first-order valence-electron chi connectivity index (χ1n) is 8.98. The average molecular weight is 380 g/mol. The second kappa shape index (κ2) is 6.87. The van der Waals surface area contributed by atoms with Crippen LogP contribution in [-0.2, 0) is 9.59 Å². The maximum absolute atomic E-state index is 13.3. The lowest BCUT2D eigenvalue weighted by molar-refractivity contribution is -0.151. The van der Waals surface area contributed by atoms with Crippen molar-refractivity contribution in [2.45, 2.75) is 30.8 Å². The topological polar surface area (TPSA) is 78.4 Å². The molecule has 2 aromatic carbocycles. The summed E-state index contributed by atoms with van der Waals surface area (Å²) in [5.74, 6) is -1.72. The van der Waals surface area contributed by atoms with Gasteiger partial charge < -0.3 is 15.7 Å². The third-order valence-electron chi connectivity index (χ3n) is 5.72. The molecule has 6 heteroatoms. The molecule has 0 radical (unpaired) electrons. The second-order valence-electron chi connectivity index (χ2n) is 7.16. The maximum Gasteiger partial charge on any atom is 0.243 e. The van der Waals surface area contributed by atoms with Gasteiger partial charge in [-0.2, -0.15) is 0 Å². The van der Waals surface area contributed by atoms with E-state index in [9.17, 15) is 14.7 Å². The van der Waals surface area contributed by atoms with Gasteiger partial charge in [-0.05, 0) is 36.2 Å². The molecule has 2 aromatic rings. The summed E-state index contributed by atoms with van der Waals surface area (Å²) in [4.78, 5) is 26.7. The first-order chi connectivity index (χ1) is 13.0. The highest BCUT2D eigenvalue weighted by Crippen LogP contribution is 2.56. The summed E-state index contributed by atoms with van der Waals surface area (Å²) in [6.45, 7) is 0. The van der Waals surface area contributed by atoms with Crippen molar-refractivity contribution in [3.63, 3.8) is 0 Å². The molecule has 0 bridgehead atoms. The molecule has 2 atom stereocenters. The van der Waals surface area contributed by atoms with Crippen molar-refractivity contribution in [2.75, 3.05) is 0 Å². The molecule has 138 valence electrons. The number of rotatable bonds is 2. The van der Waals surface area contributed by atoms with Crippen LogP contribution in [0.1, 0.15) is 35.8 Å². The van der Waals surface area contributed by atoms with Crippen LogP contribution in [0.4, 0.5) is 0 Å². The van der Waals surface area contributed by atoms with Crippen molar-refractivity contribution in [3.05, 3.63) is 71.8 Å². The minimum Gasteiger partial charge on any atom is -0.393 e. The number of benzene rings is 2. The minimum absolute atomic E-state index is 0.0281. The van der Waals surface area contributed by atoms with Gasteiger partial charge in [-0.25, -0.2) is 0 Å². The molecule has 1 spiro atoms. The molecule has 0 aromatic heterocycles. The van der Waals surface area contributed by atoms with Crippen molar-refractivity contribution >= 4 is 29.1 Å². The number of aliphatic hydroxyl groups excluding tert-OH is 1. The quantitative estimate of drug-likeness (QED) is 0.551. The molecule has 1 heterocycles. The van der Waals surface area contributed by atoms with Crippen molar-refractivity contribution < 1.29 is 14.7 Å². The fourth-order valence-electron chi connectivity index (χ4n) is 4.60. The fraction of sp³-hybridized carbons (Fsp3) is 0.286. The van der Waals surface area contributed by atoms with E-state index in [1.165, 1.54) is 0 Å². The normalized spacial score (nSPS) is 27.1. The number of hydrogen-bond donors (Lipinski definition) is 3. The van der Waals surface area contributed by atoms with Crippen LogP contribution in [-0.4, -0.2) is 28.1 Å². The van der Waals surface area contributed by atoms with Crippen LogP contribution in [0.5, 0.6) is 0 Å². The Bertz CT molecular complexity index is 813. The van der Waals surface area contributed by atoms with Gasteiger partial charge in [0.1, 0.15) is 5.41 Å². The molecule has 27 heavy (non-hydrogen) atoms. The highest BCUT2D eigenvalue weighted by Gasteiger charge is 2.62. The lowest BCUT2D eigenvalue weighted by Crippen LogP contribution is -2.67. The lowest BCUT2D eigenvalue weighted by atomic mass is 9.54. The molecular weight excluding hydrogens is 360 g/mol. The molecule has 5 nitrogen and oxygen atoms in total. The van der Waals surface area contributed by atoms with E-state index in [-0.39, 0.29) is 5.11 Å². The van der Waals surface area contributed by atoms with E-state index in [1.54, 1.807) is 0 Å². The SMILES string of the molecule is O=C1NC(=S)NC(=O)C12[C@@H](c1ccccc1)CC(O)C[C@@H]2c1ccccc1. The van der Waals surface area contributed by atoms with Gasteiger partial charge in [0.15, 0.2) is 5.11 Å². The van der Waals surface area contributed by atoms with E-state index in [4.69, 9.17) is 12.2 Å². The number of nitrogens with one attached hydrogen (secondary N) is 2. The van der Waals surface area contributed by atoms with E-state index in [0.29, 0.717) is 12.8 Å². The Morgan fingerprint density at radius 1 is 0.815 bits per heavy atom. The number of aliphatic hydroxyl groups is 1. The maximum atomic E-state index is 13.3. The molecule has 2 aliphatic rings. The third kappa shape index (κ3) is 2.85. The first-order valence-corrected chi connectivity index (χ1v) is 9.39. The molecule has 0 unspecified atom stereocenters. The van der Waals surface area contributed by atoms with Crippen molar-refractivity contribution in [3.8, 4) is 0 Å². The standard InChI is InChI=1S/C21H20N2O3S/c24-15-11-16(13-7-3-1-4-8-13)21(18(25)22-20(27)23-19(21)26)17(12-15)14-9-5-2-6-10-14/h1-10,15-17,24H,11-12H2,(H2,22,23,25,26,27)/t16-,17-/m1/s1. The number of carbonyl (C=O) groups excluding carboxylic acids is 2. The predicted molar refractivity (Wildman–Crippen MR) is 105 cm³/mol. The second-order valence-corrected chi connectivity index (χ2v) is 7.57. The van der Waals surface area contributed by atoms with Crippen LogP contribution in [0, 0.1) is 5.41 Å². The number of hydrogen-bond acceptors (Lipinski definition) is 4. The van der Waals surface area contributed by atoms with Crippen molar-refractivity contribution in [1.82, 2.24) is 10.6 Å². The molecule has 2 amide bonds. The summed E-state index contributed by atoms with van der Waals surface area (Å²) >= 11 is 5.03. The van der Waals surface area contributed by atoms with Gasteiger partial charge in [0.25, 0.3) is 0 Å². The molecule has 2 fully saturated rings. The Hall–Kier alpha value is -2.57. The molecular formula is C21H20N2O3S. The zero-order valence-corrected chi connectivity index (χ0v) is 15.4. The van der Waals surface area contributed by atoms with Crippen molar-refractivity contribution in [2.24, 2.45) is 5.41 Å². The van der Waals surface area contributed by atoms with E-state index in [1.807, 2.05) is 60.7 Å². The minimum atomic E-state index is -1.37. The van der Waals surface area contributed by atoms with Gasteiger partial charge in [0.2, 0.25) is 11.8 Å². The smallest absolute Gasteiger partial charge is 0.243 e. The van der Waals surface area contributed by atoms with E-state index in [0.717, 1.165) is 11.1 Å². The van der Waals surface area contributed by atoms with Crippen molar-refractivity contribution in [1.29, 1.82) is 0 Å². The zero-order chi connectivity index (χ0) is 19.0. The lowest BCUT2D eigenvalue weighted by Gasteiger charge is -2.50. The highest BCUT2D eigenvalue weighted by atomic mass is 32.1. The van der Waals surface area contributed by atoms with E-state index < -0.39 is 35.2 Å². The highest BCUT2D eigenvalue weighted by molar-refractivity contribution is 7.80. The molecule has 4 rings (SSSR count). The molecule has 3 N–H and O–H groups in total. The summed E-state index contributed by atoms with van der Waals surface area (Å²) in [6.07, 6.45) is 0.0579. The van der Waals surface area contributed by atoms with Crippen LogP contribution in [0.15, 0.2) is 60.7 Å². The van der Waals surface area contributed by atoms with Gasteiger partial charge in [-0.3, -0.25) is 9.59 Å². The summed E-state index contributed by atoms with van der Waals surface area (Å²) in [5.41, 5.74) is 0.343. The molecule has 1 saturated heterocycles. The first kappa shape index (κ1) is 17.8. The van der Waals surface area contributed by atoms with Gasteiger partial charge >= 0.3 is 0 Å². The summed E-state index contributed by atoms with van der Waals surface area (Å²) in [5, 5.41) is 16.0. The zero-order valence-electron chi connectivity index (χ0n) is 14.6. The van der Waals surface area contributed by atoms with Gasteiger partial charge in [-0.15, -0.1) is 0 Å². The molecule has 1 aliphatic heterocycles. The number of thiocarbonyl (C=S) groups is 1. The third-order valence-corrected chi connectivity index (χ3v) is 5.93. The Balaban J connectivity index is 1.93. The monoisotopic (exact) mass is 380 g/mol. The van der Waals surface area contributed by atoms with Crippen LogP contribution >= 0.6 is 12.2 Å². The molecule has 1 aliphatic carbocycles. The Kier molecular flexibility index (Phi) is 4.53. The Labute approximate surface area is 162 Å². The van der Waals surface area contributed by atoms with Crippen LogP contribution in [0.25, 0.3) is 0 Å². The van der Waals surface area contributed by atoms with Crippen LogP contribution in [0.3, 0.4) is 0 Å². The van der Waals surface area contributed by atoms with Crippen LogP contribution in [0.2, 0.25) is 0 Å². The largest absolute Gasteiger partial charge is 0.393 e. The summed E-state index contributed by atoms with van der Waals surface area (Å²) in [7, 11) is 0. The van der Waals surface area contributed by atoms with Gasteiger partial charge in [0, 0.05) is 11.8 Å². The predicted octanol–water partition coefficient (Wildman–Crippen LogP) is 2.23. The average Bonchev–Trinajstić information content (AvgIpc) is 2.67. The Morgan fingerprint density at radius 3 is 1.63 bits per heavy atom. The number of carbonyl (C=O) groups is 2. The van der Waals surface area contributed by atoms with Crippen LogP contribution < -0.4 is 10.6 Å². The van der Waals surface area contributed by atoms with Gasteiger partial charge in [-0.1, -0.05) is 60.7 Å². The number of amides is 2. The van der Waals surface area contributed by atoms with E-state index in [2.05, 4.69) is 10.6 Å². The molecule has 1 saturated carbocycles. The van der Waals surface area contributed by atoms with E-state index >= 15 is 0 Å². The fourth-order valence-corrected chi connectivity index (χ4v) is 4.79.